The summed E-state index contributed by atoms with van der Waals surface area (Å²) in [6.45, 7) is 0. The lowest BCUT2D eigenvalue weighted by atomic mass is 10.1. The topological polar surface area (TPSA) is 89.7 Å². The first-order chi connectivity index (χ1) is 11.2. The highest BCUT2D eigenvalue weighted by atomic mass is 16.7. The third-order valence-electron chi connectivity index (χ3n) is 3.50. The number of fused-ring (bicyclic) bond motifs is 2. The molecule has 2 aromatic carbocycles. The van der Waals surface area contributed by atoms with Crippen molar-refractivity contribution in [3.05, 3.63) is 65.4 Å². The first-order valence-corrected chi connectivity index (χ1v) is 6.71. The van der Waals surface area contributed by atoms with Gasteiger partial charge in [0.2, 0.25) is 0 Å². The van der Waals surface area contributed by atoms with E-state index in [1.165, 1.54) is 12.1 Å². The van der Waals surface area contributed by atoms with Crippen molar-refractivity contribution in [2.45, 2.75) is 0 Å². The summed E-state index contributed by atoms with van der Waals surface area (Å²) in [6, 6.07) is 13.0. The zero-order valence-electron chi connectivity index (χ0n) is 11.6. The number of aromatic nitrogens is 1. The first kappa shape index (κ1) is 13.2. The second kappa shape index (κ2) is 4.77. The molecule has 0 N–H and O–H groups in total. The number of rotatable bonds is 2. The average molecular weight is 308 g/mol. The van der Waals surface area contributed by atoms with Crippen LogP contribution in [0.4, 0.5) is 0 Å². The zero-order chi connectivity index (χ0) is 16.0. The Morgan fingerprint density at radius 1 is 0.957 bits per heavy atom. The third-order valence-corrected chi connectivity index (χ3v) is 3.50. The van der Waals surface area contributed by atoms with Gasteiger partial charge in [-0.15, -0.1) is 0 Å². The minimum atomic E-state index is -0.965. The Hall–Kier alpha value is -3.48. The van der Waals surface area contributed by atoms with E-state index in [1.54, 1.807) is 36.4 Å². The van der Waals surface area contributed by atoms with E-state index in [4.69, 9.17) is 9.36 Å². The van der Waals surface area contributed by atoms with Crippen molar-refractivity contribution >= 4 is 28.7 Å². The highest BCUT2D eigenvalue weighted by molar-refractivity contribution is 6.21. The Morgan fingerprint density at radius 3 is 2.26 bits per heavy atom. The van der Waals surface area contributed by atoms with Crippen LogP contribution >= 0.6 is 0 Å². The molecule has 0 spiro atoms. The van der Waals surface area contributed by atoms with Gasteiger partial charge in [-0.1, -0.05) is 34.5 Å². The van der Waals surface area contributed by atoms with Crippen LogP contribution in [0, 0.1) is 0 Å². The van der Waals surface area contributed by atoms with Gasteiger partial charge in [-0.3, -0.25) is 9.59 Å². The van der Waals surface area contributed by atoms with E-state index in [0.717, 1.165) is 0 Å². The molecule has 0 saturated heterocycles. The Kier molecular flexibility index (Phi) is 2.74. The van der Waals surface area contributed by atoms with Gasteiger partial charge >= 0.3 is 5.97 Å². The molecule has 0 aliphatic carbocycles. The van der Waals surface area contributed by atoms with Crippen LogP contribution in [-0.2, 0) is 4.84 Å². The molecule has 4 rings (SSSR count). The second-order valence-electron chi connectivity index (χ2n) is 4.86. The van der Waals surface area contributed by atoms with Gasteiger partial charge in [-0.05, 0) is 24.3 Å². The lowest BCUT2D eigenvalue weighted by Crippen LogP contribution is -2.32. The molecule has 7 nitrogen and oxygen atoms in total. The number of amides is 2. The Bertz CT molecular complexity index is 940. The van der Waals surface area contributed by atoms with Gasteiger partial charge in [0.1, 0.15) is 5.52 Å². The predicted molar refractivity (Wildman–Crippen MR) is 76.4 cm³/mol. The molecular formula is C16H8N2O5. The van der Waals surface area contributed by atoms with E-state index < -0.39 is 17.8 Å². The smallest absolute Gasteiger partial charge is 0.348 e. The maximum absolute atomic E-state index is 12.2. The standard InChI is InChI=1S/C16H8N2O5/c19-14-9-5-1-2-6-10(9)15(20)18(14)23-16(21)13-11-7-3-4-8-12(11)17-22-13/h1-8H. The van der Waals surface area contributed by atoms with E-state index in [1.807, 2.05) is 0 Å². The minimum Gasteiger partial charge on any atom is -0.348 e. The fourth-order valence-corrected chi connectivity index (χ4v) is 2.41. The summed E-state index contributed by atoms with van der Waals surface area (Å²) in [7, 11) is 0. The number of carbonyl (C=O) groups is 3. The summed E-state index contributed by atoms with van der Waals surface area (Å²) in [5.74, 6) is -2.52. The highest BCUT2D eigenvalue weighted by Crippen LogP contribution is 2.25. The quantitative estimate of drug-likeness (QED) is 0.674. The lowest BCUT2D eigenvalue weighted by molar-refractivity contribution is -0.0605. The maximum Gasteiger partial charge on any atom is 0.402 e. The van der Waals surface area contributed by atoms with E-state index >= 15 is 0 Å². The fourth-order valence-electron chi connectivity index (χ4n) is 2.41. The van der Waals surface area contributed by atoms with E-state index in [0.29, 0.717) is 16.0 Å². The number of hydrogen-bond acceptors (Lipinski definition) is 6. The van der Waals surface area contributed by atoms with E-state index in [9.17, 15) is 14.4 Å². The zero-order valence-corrected chi connectivity index (χ0v) is 11.6. The number of hydroxylamine groups is 2. The molecule has 2 amide bonds. The molecule has 1 aliphatic heterocycles. The number of hydrogen-bond donors (Lipinski definition) is 0. The van der Waals surface area contributed by atoms with Gasteiger partial charge in [-0.2, -0.15) is 0 Å². The van der Waals surface area contributed by atoms with Crippen LogP contribution in [0.15, 0.2) is 53.1 Å². The number of carbonyl (C=O) groups excluding carboxylic acids is 3. The summed E-state index contributed by atoms with van der Waals surface area (Å²) in [5, 5.41) is 4.60. The van der Waals surface area contributed by atoms with Gasteiger partial charge in [0.05, 0.1) is 16.5 Å². The monoisotopic (exact) mass is 308 g/mol. The van der Waals surface area contributed by atoms with Gasteiger partial charge in [0.15, 0.2) is 0 Å². The maximum atomic E-state index is 12.2. The van der Waals surface area contributed by atoms with Crippen molar-refractivity contribution in [2.24, 2.45) is 0 Å². The first-order valence-electron chi connectivity index (χ1n) is 6.71. The molecule has 0 fully saturated rings. The predicted octanol–water partition coefficient (Wildman–Crippen LogP) is 2.20. The van der Waals surface area contributed by atoms with Crippen LogP contribution in [0.3, 0.4) is 0 Å². The summed E-state index contributed by atoms with van der Waals surface area (Å²) in [6.07, 6.45) is 0. The van der Waals surface area contributed by atoms with Crippen LogP contribution in [0.5, 0.6) is 0 Å². The van der Waals surface area contributed by atoms with Gasteiger partial charge in [0, 0.05) is 0 Å². The minimum absolute atomic E-state index is 0.169. The van der Waals surface area contributed by atoms with Crippen LogP contribution in [0.1, 0.15) is 31.3 Å². The van der Waals surface area contributed by atoms with Crippen molar-refractivity contribution in [3.63, 3.8) is 0 Å². The lowest BCUT2D eigenvalue weighted by Gasteiger charge is -2.11. The largest absolute Gasteiger partial charge is 0.402 e. The van der Waals surface area contributed by atoms with Crippen LogP contribution in [0.25, 0.3) is 10.9 Å². The molecule has 0 unspecified atom stereocenters. The highest BCUT2D eigenvalue weighted by Gasteiger charge is 2.39. The number of benzene rings is 2. The molecule has 1 aliphatic rings. The fraction of sp³-hybridized carbons (Fsp3) is 0. The van der Waals surface area contributed by atoms with Crippen molar-refractivity contribution in [2.75, 3.05) is 0 Å². The molecule has 0 bridgehead atoms. The van der Waals surface area contributed by atoms with Gasteiger partial charge < -0.3 is 9.36 Å². The number of nitrogens with zero attached hydrogens (tertiary/aromatic N) is 2. The molecule has 3 aromatic rings. The normalized spacial score (nSPS) is 13.5. The molecule has 0 atom stereocenters. The summed E-state index contributed by atoms with van der Waals surface area (Å²) >= 11 is 0. The van der Waals surface area contributed by atoms with Crippen molar-refractivity contribution < 1.29 is 23.7 Å². The van der Waals surface area contributed by atoms with E-state index in [2.05, 4.69) is 5.16 Å². The Morgan fingerprint density at radius 2 is 1.57 bits per heavy atom. The molecule has 23 heavy (non-hydrogen) atoms. The molecule has 0 saturated carbocycles. The van der Waals surface area contributed by atoms with Crippen LogP contribution in [-0.4, -0.2) is 28.0 Å². The van der Waals surface area contributed by atoms with Crippen molar-refractivity contribution in [3.8, 4) is 0 Å². The average Bonchev–Trinajstić information content (AvgIpc) is 3.11. The second-order valence-corrected chi connectivity index (χ2v) is 4.86. The Labute approximate surface area is 129 Å². The molecular weight excluding hydrogens is 300 g/mol. The third kappa shape index (κ3) is 1.90. The SMILES string of the molecule is O=C(ON1C(=O)c2ccccc2C1=O)c1onc2ccccc12. The molecule has 0 radical (unpaired) electrons. The summed E-state index contributed by atoms with van der Waals surface area (Å²) < 4.78 is 4.96. The molecule has 2 heterocycles. The van der Waals surface area contributed by atoms with Gasteiger partial charge in [0.25, 0.3) is 17.6 Å². The summed E-state index contributed by atoms with van der Waals surface area (Å²) in [4.78, 5) is 41.5. The van der Waals surface area contributed by atoms with Crippen LogP contribution in [0.2, 0.25) is 0 Å². The van der Waals surface area contributed by atoms with Crippen molar-refractivity contribution in [1.82, 2.24) is 10.2 Å². The van der Waals surface area contributed by atoms with E-state index in [-0.39, 0.29) is 16.9 Å². The Balaban J connectivity index is 1.65. The van der Waals surface area contributed by atoms with Crippen LogP contribution < -0.4 is 0 Å². The van der Waals surface area contributed by atoms with Gasteiger partial charge in [-0.25, -0.2) is 4.79 Å². The molecule has 1 aromatic heterocycles. The molecule has 7 heteroatoms. The number of imide groups is 1. The summed E-state index contributed by atoms with van der Waals surface area (Å²) in [5.41, 5.74) is 0.849. The molecule has 112 valence electrons. The van der Waals surface area contributed by atoms with Crippen molar-refractivity contribution in [1.29, 1.82) is 0 Å².